The van der Waals surface area contributed by atoms with Crippen LogP contribution in [0.1, 0.15) is 26.2 Å². The van der Waals surface area contributed by atoms with Gasteiger partial charge in [0.25, 0.3) is 0 Å². The van der Waals surface area contributed by atoms with Crippen LogP contribution in [0.2, 0.25) is 0 Å². The Balaban J connectivity index is 1.97. The summed E-state index contributed by atoms with van der Waals surface area (Å²) in [6.45, 7) is 1.61. The molecule has 66 valence electrons. The van der Waals surface area contributed by atoms with Crippen LogP contribution >= 0.6 is 0 Å². The summed E-state index contributed by atoms with van der Waals surface area (Å²) in [4.78, 5) is 10.9. The summed E-state index contributed by atoms with van der Waals surface area (Å²) in [6, 6.07) is 0.447. The van der Waals surface area contributed by atoms with E-state index in [4.69, 9.17) is 0 Å². The van der Waals surface area contributed by atoms with Crippen molar-refractivity contribution in [3.63, 3.8) is 0 Å². The summed E-state index contributed by atoms with van der Waals surface area (Å²) in [5, 5.41) is 3.03. The van der Waals surface area contributed by atoms with Gasteiger partial charge in [0.15, 0.2) is 0 Å². The highest BCUT2D eigenvalue weighted by molar-refractivity contribution is 5.73. The lowest BCUT2D eigenvalue weighted by atomic mass is 9.97. The third-order valence-corrected chi connectivity index (χ3v) is 3.06. The third-order valence-electron chi connectivity index (χ3n) is 3.06. The Morgan fingerprint density at radius 2 is 2.33 bits per heavy atom. The van der Waals surface area contributed by atoms with Gasteiger partial charge in [-0.25, -0.2) is 0 Å². The van der Waals surface area contributed by atoms with Gasteiger partial charge < -0.3 is 5.32 Å². The van der Waals surface area contributed by atoms with Gasteiger partial charge >= 0.3 is 0 Å². The zero-order chi connectivity index (χ0) is 8.55. The van der Waals surface area contributed by atoms with Gasteiger partial charge in [-0.05, 0) is 31.1 Å². The average molecular weight is 165 g/mol. The van der Waals surface area contributed by atoms with Crippen molar-refractivity contribution in [2.24, 2.45) is 11.8 Å². The minimum atomic E-state index is 0.118. The zero-order valence-electron chi connectivity index (χ0n) is 7.42. The molecule has 0 aromatic rings. The molecule has 12 heavy (non-hydrogen) atoms. The molecule has 3 atom stereocenters. The molecule has 0 bridgehead atoms. The first-order valence-electron chi connectivity index (χ1n) is 4.71. The van der Waals surface area contributed by atoms with Gasteiger partial charge in [-0.15, -0.1) is 0 Å². The monoisotopic (exact) mass is 165 g/mol. The van der Waals surface area contributed by atoms with Crippen LogP contribution in [0, 0.1) is 11.8 Å². The number of carbonyl (C=O) groups is 1. The average Bonchev–Trinajstić information content (AvgIpc) is 2.52. The molecule has 2 heteroatoms. The molecule has 0 aliphatic heterocycles. The Hall–Kier alpha value is -0.790. The van der Waals surface area contributed by atoms with Crippen LogP contribution in [0.15, 0.2) is 12.2 Å². The molecule has 1 fully saturated rings. The van der Waals surface area contributed by atoms with Crippen LogP contribution < -0.4 is 5.32 Å². The molecule has 2 unspecified atom stereocenters. The van der Waals surface area contributed by atoms with Crippen LogP contribution in [0.25, 0.3) is 0 Å². The zero-order valence-corrected chi connectivity index (χ0v) is 7.42. The van der Waals surface area contributed by atoms with Crippen molar-refractivity contribution >= 4 is 5.91 Å². The first kappa shape index (κ1) is 7.84. The lowest BCUT2D eigenvalue weighted by Gasteiger charge is -2.18. The van der Waals surface area contributed by atoms with E-state index in [-0.39, 0.29) is 5.91 Å². The summed E-state index contributed by atoms with van der Waals surface area (Å²) in [5.74, 6) is 1.57. The van der Waals surface area contributed by atoms with E-state index < -0.39 is 0 Å². The van der Waals surface area contributed by atoms with Crippen molar-refractivity contribution in [2.45, 2.75) is 32.2 Å². The number of allylic oxidation sites excluding steroid dienone is 2. The van der Waals surface area contributed by atoms with Gasteiger partial charge in [0, 0.05) is 13.0 Å². The molecular formula is C10H15NO. The SMILES string of the molecule is CC(=O)NC1CCC2C=CC[C@@H]21. The van der Waals surface area contributed by atoms with Crippen LogP contribution in [0.3, 0.4) is 0 Å². The van der Waals surface area contributed by atoms with E-state index in [0.29, 0.717) is 12.0 Å². The van der Waals surface area contributed by atoms with Crippen molar-refractivity contribution in [3.8, 4) is 0 Å². The number of hydrogen-bond donors (Lipinski definition) is 1. The molecule has 1 saturated carbocycles. The summed E-state index contributed by atoms with van der Waals surface area (Å²) >= 11 is 0. The molecule has 2 aliphatic rings. The number of rotatable bonds is 1. The fourth-order valence-electron chi connectivity index (χ4n) is 2.53. The van der Waals surface area contributed by atoms with Gasteiger partial charge in [-0.2, -0.15) is 0 Å². The molecule has 1 N–H and O–H groups in total. The predicted molar refractivity (Wildman–Crippen MR) is 47.6 cm³/mol. The normalized spacial score (nSPS) is 38.2. The fourth-order valence-corrected chi connectivity index (χ4v) is 2.53. The Morgan fingerprint density at radius 3 is 3.08 bits per heavy atom. The molecule has 0 spiro atoms. The van der Waals surface area contributed by atoms with E-state index in [1.807, 2.05) is 0 Å². The number of nitrogens with one attached hydrogen (secondary N) is 1. The number of fused-ring (bicyclic) bond motifs is 1. The van der Waals surface area contributed by atoms with Crippen LogP contribution in [0.5, 0.6) is 0 Å². The van der Waals surface area contributed by atoms with E-state index in [2.05, 4.69) is 17.5 Å². The van der Waals surface area contributed by atoms with Gasteiger partial charge in [-0.3, -0.25) is 4.79 Å². The summed E-state index contributed by atoms with van der Waals surface area (Å²) in [7, 11) is 0. The topological polar surface area (TPSA) is 29.1 Å². The third kappa shape index (κ3) is 1.26. The maximum Gasteiger partial charge on any atom is 0.217 e. The predicted octanol–water partition coefficient (Wildman–Crippen LogP) is 1.48. The molecule has 0 saturated heterocycles. The van der Waals surface area contributed by atoms with Gasteiger partial charge in [-0.1, -0.05) is 12.2 Å². The molecule has 0 radical (unpaired) electrons. The highest BCUT2D eigenvalue weighted by atomic mass is 16.1. The Bertz CT molecular complexity index is 222. The Morgan fingerprint density at radius 1 is 1.50 bits per heavy atom. The lowest BCUT2D eigenvalue weighted by Crippen LogP contribution is -2.36. The fraction of sp³-hybridized carbons (Fsp3) is 0.700. The molecule has 0 aromatic heterocycles. The number of hydrogen-bond acceptors (Lipinski definition) is 1. The molecular weight excluding hydrogens is 150 g/mol. The quantitative estimate of drug-likeness (QED) is 0.586. The van der Waals surface area contributed by atoms with Gasteiger partial charge in [0.05, 0.1) is 0 Å². The molecule has 0 heterocycles. The maximum absolute atomic E-state index is 10.9. The Labute approximate surface area is 73.0 Å². The lowest BCUT2D eigenvalue weighted by molar-refractivity contribution is -0.119. The molecule has 2 rings (SSSR count). The molecule has 0 aromatic carbocycles. The van der Waals surface area contributed by atoms with Crippen molar-refractivity contribution < 1.29 is 4.79 Å². The molecule has 1 amide bonds. The number of carbonyl (C=O) groups excluding carboxylic acids is 1. The van der Waals surface area contributed by atoms with Crippen molar-refractivity contribution in [1.29, 1.82) is 0 Å². The second-order valence-electron chi connectivity index (χ2n) is 3.88. The molecule has 2 nitrogen and oxygen atoms in total. The standard InChI is InChI=1S/C10H15NO/c1-7(12)11-10-6-5-8-3-2-4-9(8)10/h2-3,8-10H,4-6H2,1H3,(H,11,12)/t8?,9-,10?/m0/s1. The second-order valence-corrected chi connectivity index (χ2v) is 3.88. The van der Waals surface area contributed by atoms with Crippen molar-refractivity contribution in [1.82, 2.24) is 5.32 Å². The largest absolute Gasteiger partial charge is 0.353 e. The van der Waals surface area contributed by atoms with Crippen LogP contribution in [0.4, 0.5) is 0 Å². The van der Waals surface area contributed by atoms with Gasteiger partial charge in [0.2, 0.25) is 5.91 Å². The van der Waals surface area contributed by atoms with Gasteiger partial charge in [0.1, 0.15) is 0 Å². The Kier molecular flexibility index (Phi) is 1.91. The van der Waals surface area contributed by atoms with Crippen LogP contribution in [-0.2, 0) is 4.79 Å². The first-order valence-corrected chi connectivity index (χ1v) is 4.71. The summed E-state index contributed by atoms with van der Waals surface area (Å²) in [6.07, 6.45) is 8.15. The van der Waals surface area contributed by atoms with Crippen LogP contribution in [-0.4, -0.2) is 11.9 Å². The van der Waals surface area contributed by atoms with Crippen molar-refractivity contribution in [2.75, 3.05) is 0 Å². The summed E-state index contributed by atoms with van der Waals surface area (Å²) < 4.78 is 0. The first-order chi connectivity index (χ1) is 5.77. The maximum atomic E-state index is 10.9. The van der Waals surface area contributed by atoms with E-state index in [1.165, 1.54) is 12.8 Å². The van der Waals surface area contributed by atoms with E-state index in [9.17, 15) is 4.79 Å². The van der Waals surface area contributed by atoms with E-state index in [0.717, 1.165) is 12.3 Å². The van der Waals surface area contributed by atoms with Crippen molar-refractivity contribution in [3.05, 3.63) is 12.2 Å². The smallest absolute Gasteiger partial charge is 0.217 e. The highest BCUT2D eigenvalue weighted by Crippen LogP contribution is 2.39. The summed E-state index contributed by atoms with van der Waals surface area (Å²) in [5.41, 5.74) is 0. The second kappa shape index (κ2) is 2.92. The van der Waals surface area contributed by atoms with E-state index >= 15 is 0 Å². The minimum Gasteiger partial charge on any atom is -0.353 e. The highest BCUT2D eigenvalue weighted by Gasteiger charge is 2.36. The number of amides is 1. The minimum absolute atomic E-state index is 0.118. The van der Waals surface area contributed by atoms with E-state index in [1.54, 1.807) is 6.92 Å². The molecule has 2 aliphatic carbocycles.